The standard InChI is InChI=1S/C29H20N4O4/c30-16-18-9-11-23(22(13-18)29(36)37)33-28(35)25-15-21-6-3-7-24(27(21)32-25)31-26(34)14-17-8-10-19-4-1-2-5-20(19)12-17/h1-13,15,32H,14H2,(H,31,34)(H,33,35)(H,36,37). The number of rotatable bonds is 6. The fraction of sp³-hybridized carbons (Fsp3) is 0.0345. The highest BCUT2D eigenvalue weighted by Gasteiger charge is 2.17. The minimum Gasteiger partial charge on any atom is -0.478 e. The molecule has 4 aromatic carbocycles. The predicted molar refractivity (Wildman–Crippen MR) is 141 cm³/mol. The number of nitrogens with zero attached hydrogens (tertiary/aromatic N) is 1. The molecule has 0 radical (unpaired) electrons. The molecular weight excluding hydrogens is 468 g/mol. The van der Waals surface area contributed by atoms with Crippen LogP contribution < -0.4 is 10.6 Å². The summed E-state index contributed by atoms with van der Waals surface area (Å²) in [4.78, 5) is 40.3. The highest BCUT2D eigenvalue weighted by molar-refractivity contribution is 6.10. The van der Waals surface area contributed by atoms with Gasteiger partial charge in [-0.15, -0.1) is 0 Å². The zero-order chi connectivity index (χ0) is 25.9. The van der Waals surface area contributed by atoms with Gasteiger partial charge in [0, 0.05) is 5.39 Å². The molecule has 0 unspecified atom stereocenters. The van der Waals surface area contributed by atoms with Crippen molar-refractivity contribution in [2.75, 3.05) is 10.6 Å². The summed E-state index contributed by atoms with van der Waals surface area (Å²) in [6.45, 7) is 0. The SMILES string of the molecule is N#Cc1ccc(NC(=O)c2cc3cccc(NC(=O)Cc4ccc5ccccc5c4)c3[nH]2)c(C(=O)O)c1. The number of nitriles is 1. The van der Waals surface area contributed by atoms with Crippen LogP contribution in [0.2, 0.25) is 0 Å². The molecule has 0 atom stereocenters. The molecule has 8 nitrogen and oxygen atoms in total. The van der Waals surface area contributed by atoms with Gasteiger partial charge in [-0.1, -0.05) is 54.6 Å². The smallest absolute Gasteiger partial charge is 0.337 e. The molecular formula is C29H20N4O4. The van der Waals surface area contributed by atoms with Gasteiger partial charge >= 0.3 is 5.97 Å². The maximum atomic E-state index is 12.9. The van der Waals surface area contributed by atoms with Crippen molar-refractivity contribution < 1.29 is 19.5 Å². The fourth-order valence-corrected chi connectivity index (χ4v) is 4.20. The monoisotopic (exact) mass is 488 g/mol. The molecule has 4 N–H and O–H groups in total. The number of benzene rings is 4. The summed E-state index contributed by atoms with van der Waals surface area (Å²) in [5, 5.41) is 26.8. The van der Waals surface area contributed by atoms with Crippen LogP contribution in [-0.4, -0.2) is 27.9 Å². The summed E-state index contributed by atoms with van der Waals surface area (Å²) in [6.07, 6.45) is 0.186. The van der Waals surface area contributed by atoms with Gasteiger partial charge in [0.1, 0.15) is 5.69 Å². The van der Waals surface area contributed by atoms with E-state index in [4.69, 9.17) is 5.26 Å². The Kier molecular flexibility index (Phi) is 6.10. The first-order valence-electron chi connectivity index (χ1n) is 11.4. The van der Waals surface area contributed by atoms with Gasteiger partial charge in [-0.3, -0.25) is 9.59 Å². The van der Waals surface area contributed by atoms with Gasteiger partial charge in [0.15, 0.2) is 0 Å². The third-order valence-electron chi connectivity index (χ3n) is 5.98. The Morgan fingerprint density at radius 1 is 0.811 bits per heavy atom. The molecule has 0 aliphatic carbocycles. The number of aromatic nitrogens is 1. The van der Waals surface area contributed by atoms with Crippen molar-refractivity contribution >= 4 is 50.8 Å². The van der Waals surface area contributed by atoms with Crippen LogP contribution >= 0.6 is 0 Å². The predicted octanol–water partition coefficient (Wildman–Crippen LogP) is 5.32. The van der Waals surface area contributed by atoms with Crippen LogP contribution in [-0.2, 0) is 11.2 Å². The Labute approximate surface area is 211 Å². The molecule has 8 heteroatoms. The number of amides is 2. The summed E-state index contributed by atoms with van der Waals surface area (Å²) in [5.74, 6) is -2.02. The van der Waals surface area contributed by atoms with Crippen LogP contribution in [0.5, 0.6) is 0 Å². The number of nitrogens with one attached hydrogen (secondary N) is 3. The van der Waals surface area contributed by atoms with Crippen LogP contribution in [0.25, 0.3) is 21.7 Å². The highest BCUT2D eigenvalue weighted by Crippen LogP contribution is 2.26. The Morgan fingerprint density at radius 3 is 2.38 bits per heavy atom. The largest absolute Gasteiger partial charge is 0.478 e. The molecule has 0 aliphatic heterocycles. The first-order valence-corrected chi connectivity index (χ1v) is 11.4. The number of aromatic carboxylic acids is 1. The van der Waals surface area contributed by atoms with Gasteiger partial charge in [0.05, 0.1) is 40.5 Å². The molecule has 180 valence electrons. The lowest BCUT2D eigenvalue weighted by molar-refractivity contribution is -0.115. The number of H-pyrrole nitrogens is 1. The first kappa shape index (κ1) is 23.3. The van der Waals surface area contributed by atoms with Gasteiger partial charge in [0.25, 0.3) is 5.91 Å². The van der Waals surface area contributed by atoms with Gasteiger partial charge < -0.3 is 20.7 Å². The van der Waals surface area contributed by atoms with E-state index in [-0.39, 0.29) is 34.8 Å². The number of carbonyl (C=O) groups is 3. The van der Waals surface area contributed by atoms with E-state index in [2.05, 4.69) is 15.6 Å². The van der Waals surface area contributed by atoms with Crippen LogP contribution in [0.3, 0.4) is 0 Å². The molecule has 1 heterocycles. The molecule has 0 aliphatic rings. The zero-order valence-electron chi connectivity index (χ0n) is 19.4. The number of aromatic amines is 1. The van der Waals surface area contributed by atoms with E-state index in [1.54, 1.807) is 24.3 Å². The molecule has 0 fully saturated rings. The highest BCUT2D eigenvalue weighted by atomic mass is 16.4. The summed E-state index contributed by atoms with van der Waals surface area (Å²) >= 11 is 0. The number of fused-ring (bicyclic) bond motifs is 2. The van der Waals surface area contributed by atoms with Crippen molar-refractivity contribution in [1.29, 1.82) is 5.26 Å². The number of hydrogen-bond donors (Lipinski definition) is 4. The number of hydrogen-bond acceptors (Lipinski definition) is 4. The quantitative estimate of drug-likeness (QED) is 0.256. The molecule has 0 saturated heterocycles. The molecule has 0 spiro atoms. The minimum atomic E-state index is -1.26. The molecule has 1 aromatic heterocycles. The van der Waals surface area contributed by atoms with Gasteiger partial charge in [0.2, 0.25) is 5.91 Å². The van der Waals surface area contributed by atoms with Gasteiger partial charge in [-0.25, -0.2) is 4.79 Å². The second-order valence-electron chi connectivity index (χ2n) is 8.49. The van der Waals surface area contributed by atoms with Crippen molar-refractivity contribution in [3.63, 3.8) is 0 Å². The van der Waals surface area contributed by atoms with E-state index in [0.29, 0.717) is 16.6 Å². The normalized spacial score (nSPS) is 10.7. The fourth-order valence-electron chi connectivity index (χ4n) is 4.20. The maximum absolute atomic E-state index is 12.9. The Balaban J connectivity index is 1.35. The average molecular weight is 489 g/mol. The number of carbonyl (C=O) groups excluding carboxylic acids is 2. The molecule has 0 saturated carbocycles. The minimum absolute atomic E-state index is 0.0686. The summed E-state index contributed by atoms with van der Waals surface area (Å²) in [5.41, 5.74) is 2.21. The second-order valence-corrected chi connectivity index (χ2v) is 8.49. The maximum Gasteiger partial charge on any atom is 0.337 e. The topological polar surface area (TPSA) is 135 Å². The number of carboxylic acids is 1. The van der Waals surface area contributed by atoms with Crippen molar-refractivity contribution in [3.05, 3.63) is 107 Å². The van der Waals surface area contributed by atoms with E-state index >= 15 is 0 Å². The van der Waals surface area contributed by atoms with Crippen molar-refractivity contribution in [2.24, 2.45) is 0 Å². The van der Waals surface area contributed by atoms with Gasteiger partial charge in [-0.05, 0) is 46.7 Å². The Bertz CT molecular complexity index is 1750. The number of anilines is 2. The third kappa shape index (κ3) is 4.88. The van der Waals surface area contributed by atoms with E-state index in [1.807, 2.05) is 48.5 Å². The molecule has 37 heavy (non-hydrogen) atoms. The van der Waals surface area contributed by atoms with Gasteiger partial charge in [-0.2, -0.15) is 5.26 Å². The van der Waals surface area contributed by atoms with E-state index in [9.17, 15) is 19.5 Å². The van der Waals surface area contributed by atoms with E-state index in [1.165, 1.54) is 18.2 Å². The van der Waals surface area contributed by atoms with Crippen LogP contribution in [0.1, 0.15) is 32.0 Å². The lowest BCUT2D eigenvalue weighted by Crippen LogP contribution is -2.16. The first-order chi connectivity index (χ1) is 17.9. The van der Waals surface area contributed by atoms with Crippen LogP contribution in [0.4, 0.5) is 11.4 Å². The van der Waals surface area contributed by atoms with Crippen LogP contribution in [0.15, 0.2) is 84.9 Å². The Hall–Kier alpha value is -5.42. The lowest BCUT2D eigenvalue weighted by Gasteiger charge is -2.08. The summed E-state index contributed by atoms with van der Waals surface area (Å²) in [6, 6.07) is 26.6. The third-order valence-corrected chi connectivity index (χ3v) is 5.98. The van der Waals surface area contributed by atoms with Crippen molar-refractivity contribution in [3.8, 4) is 6.07 Å². The summed E-state index contributed by atoms with van der Waals surface area (Å²) < 4.78 is 0. The van der Waals surface area contributed by atoms with E-state index in [0.717, 1.165) is 16.3 Å². The summed E-state index contributed by atoms with van der Waals surface area (Å²) in [7, 11) is 0. The zero-order valence-corrected chi connectivity index (χ0v) is 19.4. The van der Waals surface area contributed by atoms with Crippen molar-refractivity contribution in [1.82, 2.24) is 4.98 Å². The Morgan fingerprint density at radius 2 is 1.59 bits per heavy atom. The number of para-hydroxylation sites is 1. The lowest BCUT2D eigenvalue weighted by atomic mass is 10.0. The second kappa shape index (κ2) is 9.68. The molecule has 5 rings (SSSR count). The van der Waals surface area contributed by atoms with Crippen molar-refractivity contribution in [2.45, 2.75) is 6.42 Å². The molecule has 2 amide bonds. The average Bonchev–Trinajstić information content (AvgIpc) is 3.34. The van der Waals surface area contributed by atoms with Crippen LogP contribution in [0, 0.1) is 11.3 Å². The number of carboxylic acid groups (broad SMARTS) is 1. The molecule has 0 bridgehead atoms. The molecule has 5 aromatic rings. The van der Waals surface area contributed by atoms with E-state index < -0.39 is 11.9 Å².